The van der Waals surface area contributed by atoms with E-state index in [1.807, 2.05) is 6.07 Å². The molecule has 3 N–H and O–H groups in total. The molecule has 2 rings (SSSR count). The standard InChI is InChI=1S/C16H14N4O2/c17-9-10-22-15-7-1-12(2-8-15)11-19-20-16(21)13-3-5-14(18)6-4-13/h1-8,11H,10,18H2,(H,20,21)/b19-11-. The van der Waals surface area contributed by atoms with Gasteiger partial charge in [0.25, 0.3) is 5.91 Å². The smallest absolute Gasteiger partial charge is 0.271 e. The molecule has 110 valence electrons. The Morgan fingerprint density at radius 1 is 1.23 bits per heavy atom. The molecule has 0 radical (unpaired) electrons. The number of nitrogens with zero attached hydrogens (tertiary/aromatic N) is 2. The van der Waals surface area contributed by atoms with E-state index in [0.29, 0.717) is 17.0 Å². The van der Waals surface area contributed by atoms with Crippen molar-refractivity contribution in [2.75, 3.05) is 12.3 Å². The highest BCUT2D eigenvalue weighted by atomic mass is 16.5. The lowest BCUT2D eigenvalue weighted by atomic mass is 10.2. The second-order valence-electron chi connectivity index (χ2n) is 4.34. The molecule has 0 aromatic heterocycles. The van der Waals surface area contributed by atoms with Crippen molar-refractivity contribution in [3.8, 4) is 11.8 Å². The number of nitrogens with one attached hydrogen (secondary N) is 1. The van der Waals surface area contributed by atoms with E-state index in [-0.39, 0.29) is 12.5 Å². The van der Waals surface area contributed by atoms with E-state index in [0.717, 1.165) is 5.56 Å². The number of anilines is 1. The summed E-state index contributed by atoms with van der Waals surface area (Å²) < 4.78 is 5.13. The number of nitrogens with two attached hydrogens (primary N) is 1. The average molecular weight is 294 g/mol. The zero-order chi connectivity index (χ0) is 15.8. The van der Waals surface area contributed by atoms with Gasteiger partial charge in [-0.2, -0.15) is 10.4 Å². The summed E-state index contributed by atoms with van der Waals surface area (Å²) >= 11 is 0. The van der Waals surface area contributed by atoms with E-state index in [2.05, 4.69) is 10.5 Å². The van der Waals surface area contributed by atoms with Gasteiger partial charge in [0.15, 0.2) is 6.61 Å². The Morgan fingerprint density at radius 3 is 2.55 bits per heavy atom. The summed E-state index contributed by atoms with van der Waals surface area (Å²) in [7, 11) is 0. The first-order chi connectivity index (χ1) is 10.7. The molecule has 2 aromatic carbocycles. The van der Waals surface area contributed by atoms with Crippen molar-refractivity contribution in [3.05, 3.63) is 59.7 Å². The summed E-state index contributed by atoms with van der Waals surface area (Å²) in [6.07, 6.45) is 1.52. The number of hydrazone groups is 1. The minimum atomic E-state index is -0.315. The fourth-order valence-electron chi connectivity index (χ4n) is 1.63. The molecule has 0 saturated heterocycles. The molecular weight excluding hydrogens is 280 g/mol. The first kappa shape index (κ1) is 15.1. The Hall–Kier alpha value is -3.33. The highest BCUT2D eigenvalue weighted by Crippen LogP contribution is 2.10. The van der Waals surface area contributed by atoms with E-state index in [4.69, 9.17) is 15.7 Å². The molecule has 0 saturated carbocycles. The Balaban J connectivity index is 1.90. The molecule has 0 fully saturated rings. The number of amides is 1. The molecule has 2 aromatic rings. The van der Waals surface area contributed by atoms with E-state index in [9.17, 15) is 4.79 Å². The second-order valence-corrected chi connectivity index (χ2v) is 4.34. The number of nitrogen functional groups attached to an aromatic ring is 1. The molecule has 0 aliphatic rings. The van der Waals surface area contributed by atoms with Crippen LogP contribution in [-0.2, 0) is 0 Å². The highest BCUT2D eigenvalue weighted by Gasteiger charge is 2.02. The van der Waals surface area contributed by atoms with Gasteiger partial charge < -0.3 is 10.5 Å². The van der Waals surface area contributed by atoms with E-state index < -0.39 is 0 Å². The van der Waals surface area contributed by atoms with Gasteiger partial charge >= 0.3 is 0 Å². The summed E-state index contributed by atoms with van der Waals surface area (Å²) in [6.45, 7) is 0.00504. The Bertz CT molecular complexity index is 700. The molecule has 22 heavy (non-hydrogen) atoms. The van der Waals surface area contributed by atoms with Crippen molar-refractivity contribution >= 4 is 17.8 Å². The first-order valence-electron chi connectivity index (χ1n) is 6.48. The maximum absolute atomic E-state index is 11.8. The molecule has 0 spiro atoms. The fourth-order valence-corrected chi connectivity index (χ4v) is 1.63. The third-order valence-electron chi connectivity index (χ3n) is 2.74. The number of ether oxygens (including phenoxy) is 1. The summed E-state index contributed by atoms with van der Waals surface area (Å²) in [5.74, 6) is 0.287. The quantitative estimate of drug-likeness (QED) is 0.500. The molecule has 0 bridgehead atoms. The van der Waals surface area contributed by atoms with Crippen molar-refractivity contribution in [1.82, 2.24) is 5.43 Å². The van der Waals surface area contributed by atoms with Gasteiger partial charge in [0.05, 0.1) is 6.21 Å². The highest BCUT2D eigenvalue weighted by molar-refractivity contribution is 5.95. The van der Waals surface area contributed by atoms with Gasteiger partial charge in [-0.05, 0) is 54.1 Å². The molecule has 1 amide bonds. The number of rotatable bonds is 5. The van der Waals surface area contributed by atoms with Crippen LogP contribution in [0.4, 0.5) is 5.69 Å². The van der Waals surface area contributed by atoms with Crippen molar-refractivity contribution in [1.29, 1.82) is 5.26 Å². The molecule has 0 atom stereocenters. The van der Waals surface area contributed by atoms with Crippen LogP contribution in [0.3, 0.4) is 0 Å². The maximum atomic E-state index is 11.8. The molecule has 6 nitrogen and oxygen atoms in total. The molecule has 0 unspecified atom stereocenters. The lowest BCUT2D eigenvalue weighted by molar-refractivity contribution is 0.0955. The zero-order valence-electron chi connectivity index (χ0n) is 11.7. The Labute approximate surface area is 127 Å². The Morgan fingerprint density at radius 2 is 1.91 bits per heavy atom. The molecule has 6 heteroatoms. The third-order valence-corrected chi connectivity index (χ3v) is 2.74. The van der Waals surface area contributed by atoms with Crippen molar-refractivity contribution < 1.29 is 9.53 Å². The van der Waals surface area contributed by atoms with Crippen LogP contribution in [0.1, 0.15) is 15.9 Å². The molecule has 0 aliphatic heterocycles. The summed E-state index contributed by atoms with van der Waals surface area (Å²) in [6, 6.07) is 15.4. The SMILES string of the molecule is N#CCOc1ccc(/C=N\NC(=O)c2ccc(N)cc2)cc1. The van der Waals surface area contributed by atoms with Gasteiger partial charge in [0.2, 0.25) is 0 Å². The van der Waals surface area contributed by atoms with Crippen LogP contribution in [0.2, 0.25) is 0 Å². The number of carbonyl (C=O) groups is 1. The number of hydrogen-bond acceptors (Lipinski definition) is 5. The van der Waals surface area contributed by atoms with Gasteiger partial charge in [0, 0.05) is 11.3 Å². The topological polar surface area (TPSA) is 100 Å². The van der Waals surface area contributed by atoms with Gasteiger partial charge in [-0.25, -0.2) is 5.43 Å². The van der Waals surface area contributed by atoms with E-state index >= 15 is 0 Å². The molecule has 0 aliphatic carbocycles. The van der Waals surface area contributed by atoms with Gasteiger partial charge in [-0.15, -0.1) is 0 Å². The summed E-state index contributed by atoms with van der Waals surface area (Å²) in [5, 5.41) is 12.3. The number of nitriles is 1. The predicted octanol–water partition coefficient (Wildman–Crippen LogP) is 1.94. The minimum Gasteiger partial charge on any atom is -0.479 e. The predicted molar refractivity (Wildman–Crippen MR) is 83.5 cm³/mol. The first-order valence-corrected chi connectivity index (χ1v) is 6.48. The van der Waals surface area contributed by atoms with Gasteiger partial charge in [-0.1, -0.05) is 0 Å². The number of hydrogen-bond donors (Lipinski definition) is 2. The second kappa shape index (κ2) is 7.45. The van der Waals surface area contributed by atoms with Crippen LogP contribution in [-0.4, -0.2) is 18.7 Å². The largest absolute Gasteiger partial charge is 0.479 e. The number of benzene rings is 2. The van der Waals surface area contributed by atoms with E-state index in [1.165, 1.54) is 6.21 Å². The normalized spacial score (nSPS) is 10.1. The average Bonchev–Trinajstić information content (AvgIpc) is 2.54. The monoisotopic (exact) mass is 294 g/mol. The van der Waals surface area contributed by atoms with Crippen LogP contribution in [0.25, 0.3) is 0 Å². The molecule has 0 heterocycles. The van der Waals surface area contributed by atoms with Crippen molar-refractivity contribution in [2.45, 2.75) is 0 Å². The fraction of sp³-hybridized carbons (Fsp3) is 0.0625. The van der Waals surface area contributed by atoms with Gasteiger partial charge in [-0.3, -0.25) is 4.79 Å². The summed E-state index contributed by atoms with van der Waals surface area (Å²) in [5.41, 5.74) is 9.86. The minimum absolute atomic E-state index is 0.00504. The van der Waals surface area contributed by atoms with Crippen LogP contribution in [0.5, 0.6) is 5.75 Å². The van der Waals surface area contributed by atoms with Crippen LogP contribution >= 0.6 is 0 Å². The molecular formula is C16H14N4O2. The third kappa shape index (κ3) is 4.35. The lowest BCUT2D eigenvalue weighted by Crippen LogP contribution is -2.17. The van der Waals surface area contributed by atoms with Crippen LogP contribution in [0.15, 0.2) is 53.6 Å². The van der Waals surface area contributed by atoms with Crippen molar-refractivity contribution in [2.24, 2.45) is 5.10 Å². The van der Waals surface area contributed by atoms with Crippen molar-refractivity contribution in [3.63, 3.8) is 0 Å². The zero-order valence-corrected chi connectivity index (χ0v) is 11.7. The summed E-state index contributed by atoms with van der Waals surface area (Å²) in [4.78, 5) is 11.8. The van der Waals surface area contributed by atoms with Crippen LogP contribution in [0, 0.1) is 11.3 Å². The maximum Gasteiger partial charge on any atom is 0.271 e. The van der Waals surface area contributed by atoms with E-state index in [1.54, 1.807) is 48.5 Å². The number of carbonyl (C=O) groups excluding carboxylic acids is 1. The van der Waals surface area contributed by atoms with Gasteiger partial charge in [0.1, 0.15) is 11.8 Å². The van der Waals surface area contributed by atoms with Crippen LogP contribution < -0.4 is 15.9 Å². The Kier molecular flexibility index (Phi) is 5.10. The lowest BCUT2D eigenvalue weighted by Gasteiger charge is -2.02.